The Morgan fingerprint density at radius 2 is 2.12 bits per heavy atom. The van der Waals surface area contributed by atoms with Gasteiger partial charge in [0.05, 0.1) is 18.0 Å². The van der Waals surface area contributed by atoms with Crippen LogP contribution in [0, 0.1) is 0 Å². The molecule has 1 aromatic carbocycles. The maximum Gasteiger partial charge on any atom is 0.273 e. The minimum absolute atomic E-state index is 0. The third-order valence-corrected chi connectivity index (χ3v) is 3.67. The zero-order valence-corrected chi connectivity index (χ0v) is 15.9. The Morgan fingerprint density at radius 3 is 2.80 bits per heavy atom. The van der Waals surface area contributed by atoms with Crippen LogP contribution in [0.3, 0.4) is 0 Å². The van der Waals surface area contributed by atoms with Crippen molar-refractivity contribution in [1.29, 1.82) is 0 Å². The van der Waals surface area contributed by atoms with Crippen molar-refractivity contribution in [3.8, 4) is 5.69 Å². The lowest BCUT2D eigenvalue weighted by Crippen LogP contribution is -2.33. The van der Waals surface area contributed by atoms with E-state index in [0.29, 0.717) is 36.8 Å². The van der Waals surface area contributed by atoms with E-state index in [1.165, 1.54) is 0 Å². The highest BCUT2D eigenvalue weighted by molar-refractivity contribution is 6.30. The van der Waals surface area contributed by atoms with Crippen molar-refractivity contribution in [2.45, 2.75) is 13.3 Å². The molecular formula is C16H23Cl2N5O2. The zero-order chi connectivity index (χ0) is 17.4. The molecule has 2 aromatic rings. The summed E-state index contributed by atoms with van der Waals surface area (Å²) in [4.78, 5) is 12.3. The highest BCUT2D eigenvalue weighted by Gasteiger charge is 2.19. The summed E-state index contributed by atoms with van der Waals surface area (Å²) in [6.45, 7) is 4.52. The summed E-state index contributed by atoms with van der Waals surface area (Å²) >= 11 is 6.02. The van der Waals surface area contributed by atoms with Crippen molar-refractivity contribution in [3.63, 3.8) is 0 Å². The van der Waals surface area contributed by atoms with Crippen LogP contribution in [0.4, 0.5) is 0 Å². The number of ether oxygens (including phenoxy) is 1. The quantitative estimate of drug-likeness (QED) is 0.641. The van der Waals surface area contributed by atoms with Gasteiger partial charge in [-0.25, -0.2) is 4.68 Å². The number of carbonyl (C=O) groups is 1. The van der Waals surface area contributed by atoms with Crippen LogP contribution in [-0.4, -0.2) is 54.3 Å². The highest BCUT2D eigenvalue weighted by Crippen LogP contribution is 2.17. The minimum Gasteiger partial charge on any atom is -0.383 e. The summed E-state index contributed by atoms with van der Waals surface area (Å²) in [6.07, 6.45) is 0.633. The number of amides is 1. The van der Waals surface area contributed by atoms with E-state index in [4.69, 9.17) is 16.3 Å². The number of carbonyl (C=O) groups excluding carboxylic acids is 1. The highest BCUT2D eigenvalue weighted by atomic mass is 35.5. The average Bonchev–Trinajstić information content (AvgIpc) is 3.02. The van der Waals surface area contributed by atoms with Crippen LogP contribution in [0.15, 0.2) is 24.3 Å². The van der Waals surface area contributed by atoms with Gasteiger partial charge in [0, 0.05) is 31.8 Å². The molecule has 0 atom stereocenters. The second kappa shape index (κ2) is 11.0. The molecule has 1 aromatic heterocycles. The molecule has 1 amide bonds. The lowest BCUT2D eigenvalue weighted by atomic mass is 10.2. The van der Waals surface area contributed by atoms with Crippen LogP contribution in [0.2, 0.25) is 5.02 Å². The van der Waals surface area contributed by atoms with Gasteiger partial charge in [0.2, 0.25) is 0 Å². The average molecular weight is 388 g/mol. The fourth-order valence-corrected chi connectivity index (χ4v) is 2.44. The van der Waals surface area contributed by atoms with Crippen molar-refractivity contribution < 1.29 is 9.53 Å². The normalized spacial score (nSPS) is 10.4. The maximum atomic E-state index is 12.3. The number of aromatic nitrogens is 3. The second-order valence-corrected chi connectivity index (χ2v) is 5.57. The van der Waals surface area contributed by atoms with Crippen LogP contribution < -0.4 is 10.6 Å². The van der Waals surface area contributed by atoms with E-state index in [0.717, 1.165) is 17.9 Å². The van der Waals surface area contributed by atoms with Crippen LogP contribution in [0.25, 0.3) is 5.69 Å². The standard InChI is InChI=1S/C16H22ClN5O2.ClH/c1-3-14-15(16(23)19-8-7-18-9-10-24-2)20-21-22(14)13-6-4-5-12(17)11-13;/h4-6,11,18H,3,7-10H2,1-2H3,(H,19,23);1H. The number of nitrogens with one attached hydrogen (secondary N) is 2. The fraction of sp³-hybridized carbons (Fsp3) is 0.438. The van der Waals surface area contributed by atoms with E-state index in [1.54, 1.807) is 23.9 Å². The number of hydrogen-bond acceptors (Lipinski definition) is 5. The molecule has 0 unspecified atom stereocenters. The zero-order valence-electron chi connectivity index (χ0n) is 14.3. The summed E-state index contributed by atoms with van der Waals surface area (Å²) in [6, 6.07) is 7.29. The summed E-state index contributed by atoms with van der Waals surface area (Å²) in [5, 5.41) is 14.8. The van der Waals surface area contributed by atoms with Gasteiger partial charge in [-0.15, -0.1) is 17.5 Å². The van der Waals surface area contributed by atoms with Gasteiger partial charge in [-0.3, -0.25) is 4.79 Å². The van der Waals surface area contributed by atoms with Crippen molar-refractivity contribution in [3.05, 3.63) is 40.7 Å². The van der Waals surface area contributed by atoms with Crippen LogP contribution >= 0.6 is 24.0 Å². The van der Waals surface area contributed by atoms with E-state index in [2.05, 4.69) is 20.9 Å². The Labute approximate surface area is 158 Å². The van der Waals surface area contributed by atoms with Gasteiger partial charge in [-0.2, -0.15) is 0 Å². The van der Waals surface area contributed by atoms with E-state index >= 15 is 0 Å². The van der Waals surface area contributed by atoms with Crippen LogP contribution in [0.5, 0.6) is 0 Å². The Hall–Kier alpha value is -1.67. The van der Waals surface area contributed by atoms with Gasteiger partial charge in [-0.05, 0) is 24.6 Å². The Kier molecular flexibility index (Phi) is 9.44. The Morgan fingerprint density at radius 1 is 1.32 bits per heavy atom. The van der Waals surface area contributed by atoms with Gasteiger partial charge in [-0.1, -0.05) is 29.8 Å². The first-order valence-electron chi connectivity index (χ1n) is 7.85. The van der Waals surface area contributed by atoms with Crippen molar-refractivity contribution in [2.24, 2.45) is 0 Å². The lowest BCUT2D eigenvalue weighted by Gasteiger charge is -2.08. The first kappa shape index (κ1) is 21.4. The van der Waals surface area contributed by atoms with Gasteiger partial charge in [0.1, 0.15) is 0 Å². The molecule has 2 N–H and O–H groups in total. The molecule has 0 radical (unpaired) electrons. The first-order chi connectivity index (χ1) is 11.7. The van der Waals surface area contributed by atoms with Crippen molar-refractivity contribution in [2.75, 3.05) is 33.4 Å². The molecule has 0 aliphatic rings. The fourth-order valence-electron chi connectivity index (χ4n) is 2.26. The molecular weight excluding hydrogens is 365 g/mol. The number of nitrogens with zero attached hydrogens (tertiary/aromatic N) is 3. The molecule has 2 rings (SSSR count). The van der Waals surface area contributed by atoms with Gasteiger partial charge < -0.3 is 15.4 Å². The predicted octanol–water partition coefficient (Wildman–Crippen LogP) is 1.87. The van der Waals surface area contributed by atoms with Crippen LogP contribution in [-0.2, 0) is 11.2 Å². The maximum absolute atomic E-state index is 12.3. The summed E-state index contributed by atoms with van der Waals surface area (Å²) < 4.78 is 6.59. The minimum atomic E-state index is -0.228. The number of hydrogen-bond donors (Lipinski definition) is 2. The molecule has 138 valence electrons. The molecule has 7 nitrogen and oxygen atoms in total. The van der Waals surface area contributed by atoms with E-state index < -0.39 is 0 Å². The SMILES string of the molecule is CCc1c(C(=O)NCCNCCOC)nnn1-c1cccc(Cl)c1.Cl. The molecule has 0 spiro atoms. The number of methoxy groups -OCH3 is 1. The summed E-state index contributed by atoms with van der Waals surface area (Å²) in [7, 11) is 1.65. The monoisotopic (exact) mass is 387 g/mol. The topological polar surface area (TPSA) is 81.1 Å². The Bertz CT molecular complexity index is 678. The van der Waals surface area contributed by atoms with Gasteiger partial charge in [0.15, 0.2) is 5.69 Å². The predicted molar refractivity (Wildman–Crippen MR) is 100 cm³/mol. The molecule has 0 bridgehead atoms. The third-order valence-electron chi connectivity index (χ3n) is 3.44. The molecule has 0 saturated heterocycles. The van der Waals surface area contributed by atoms with E-state index in [1.807, 2.05) is 19.1 Å². The molecule has 1 heterocycles. The van der Waals surface area contributed by atoms with E-state index in [9.17, 15) is 4.79 Å². The van der Waals surface area contributed by atoms with Crippen LogP contribution in [0.1, 0.15) is 23.1 Å². The van der Waals surface area contributed by atoms with Crippen molar-refractivity contribution in [1.82, 2.24) is 25.6 Å². The Balaban J connectivity index is 0.00000312. The van der Waals surface area contributed by atoms with Gasteiger partial charge >= 0.3 is 0 Å². The molecule has 25 heavy (non-hydrogen) atoms. The lowest BCUT2D eigenvalue weighted by molar-refractivity contribution is 0.0947. The smallest absolute Gasteiger partial charge is 0.273 e. The molecule has 0 saturated carbocycles. The number of rotatable bonds is 9. The van der Waals surface area contributed by atoms with Gasteiger partial charge in [0.25, 0.3) is 5.91 Å². The number of halogens is 2. The summed E-state index contributed by atoms with van der Waals surface area (Å²) in [5.41, 5.74) is 1.88. The molecule has 0 aliphatic carbocycles. The molecule has 0 fully saturated rings. The van der Waals surface area contributed by atoms with E-state index in [-0.39, 0.29) is 18.3 Å². The second-order valence-electron chi connectivity index (χ2n) is 5.13. The summed E-state index contributed by atoms with van der Waals surface area (Å²) in [5.74, 6) is -0.228. The third kappa shape index (κ3) is 5.97. The van der Waals surface area contributed by atoms with Crippen molar-refractivity contribution >= 4 is 29.9 Å². The molecule has 9 heteroatoms. The molecule has 0 aliphatic heterocycles. The number of benzene rings is 1. The largest absolute Gasteiger partial charge is 0.383 e. The first-order valence-corrected chi connectivity index (χ1v) is 8.23.